The molecule has 1 aromatic carbocycles. The van der Waals surface area contributed by atoms with E-state index in [1.54, 1.807) is 31.6 Å². The van der Waals surface area contributed by atoms with Gasteiger partial charge < -0.3 is 15.4 Å². The number of rotatable bonds is 9. The van der Waals surface area contributed by atoms with Gasteiger partial charge in [0.2, 0.25) is 5.95 Å². The molecule has 34 heavy (non-hydrogen) atoms. The molecule has 0 saturated carbocycles. The molecule has 10 heteroatoms. The maximum Gasteiger partial charge on any atom is 0.339 e. The molecule has 0 atom stereocenters. The largest absolute Gasteiger partial charge is 0.462 e. The first-order chi connectivity index (χ1) is 16.5. The van der Waals surface area contributed by atoms with Crippen LogP contribution in [-0.2, 0) is 11.3 Å². The summed E-state index contributed by atoms with van der Waals surface area (Å²) in [6.45, 7) is 5.21. The van der Waals surface area contributed by atoms with Crippen LogP contribution in [0, 0.1) is 6.92 Å². The Morgan fingerprint density at radius 1 is 1.21 bits per heavy atom. The molecular formula is C24H24ClN7O2. The quantitative estimate of drug-likeness (QED) is 0.333. The van der Waals surface area contributed by atoms with Crippen molar-refractivity contribution >= 4 is 35.0 Å². The van der Waals surface area contributed by atoms with Gasteiger partial charge in [0.15, 0.2) is 0 Å². The Morgan fingerprint density at radius 2 is 2.09 bits per heavy atom. The molecule has 174 valence electrons. The lowest BCUT2D eigenvalue weighted by molar-refractivity contribution is 0.0526. The van der Waals surface area contributed by atoms with Crippen molar-refractivity contribution < 1.29 is 9.53 Å². The van der Waals surface area contributed by atoms with Gasteiger partial charge >= 0.3 is 5.97 Å². The van der Waals surface area contributed by atoms with E-state index >= 15 is 0 Å². The molecule has 4 aromatic rings. The first-order valence-electron chi connectivity index (χ1n) is 10.8. The first-order valence-corrected chi connectivity index (χ1v) is 11.2. The summed E-state index contributed by atoms with van der Waals surface area (Å²) < 4.78 is 6.93. The van der Waals surface area contributed by atoms with Crippen LogP contribution < -0.4 is 10.6 Å². The van der Waals surface area contributed by atoms with Crippen LogP contribution in [0.1, 0.15) is 22.8 Å². The van der Waals surface area contributed by atoms with E-state index in [4.69, 9.17) is 16.3 Å². The number of halogens is 1. The van der Waals surface area contributed by atoms with E-state index in [-0.39, 0.29) is 6.61 Å². The lowest BCUT2D eigenvalue weighted by Gasteiger charge is -2.14. The number of carbonyl (C=O) groups excluding carboxylic acids is 1. The van der Waals surface area contributed by atoms with Crippen LogP contribution in [0.15, 0.2) is 61.3 Å². The Kier molecular flexibility index (Phi) is 7.34. The molecule has 0 aliphatic carbocycles. The molecule has 4 rings (SSSR count). The summed E-state index contributed by atoms with van der Waals surface area (Å²) in [6.07, 6.45) is 8.45. The van der Waals surface area contributed by atoms with Gasteiger partial charge in [-0.05, 0) is 43.7 Å². The number of benzene rings is 1. The SMILES string of the molecule is CCOC(=O)c1cncc(-c2cnc(Nc3ccc(C)c(Cl)c3)nc2NCCn2cccn2)c1. The minimum Gasteiger partial charge on any atom is -0.462 e. The number of nitrogens with one attached hydrogen (secondary N) is 2. The standard InChI is InChI=1S/C24H24ClN7O2/c1-3-34-23(33)18-11-17(13-26-14-18)20-15-28-24(30-19-6-5-16(2)21(25)12-19)31-22(20)27-8-10-32-9-4-7-29-32/h4-7,9,11-15H,3,8,10H2,1-2H3,(H2,27,28,30,31). The second-order valence-corrected chi connectivity index (χ2v) is 7.83. The molecule has 9 nitrogen and oxygen atoms in total. The molecule has 0 radical (unpaired) electrons. The van der Waals surface area contributed by atoms with E-state index in [0.717, 1.165) is 11.3 Å². The average Bonchev–Trinajstić information content (AvgIpc) is 3.35. The highest BCUT2D eigenvalue weighted by Gasteiger charge is 2.14. The van der Waals surface area contributed by atoms with E-state index < -0.39 is 5.97 Å². The second kappa shape index (κ2) is 10.8. The number of esters is 1. The molecule has 0 spiro atoms. The van der Waals surface area contributed by atoms with Crippen LogP contribution in [0.25, 0.3) is 11.1 Å². The van der Waals surface area contributed by atoms with Crippen molar-refractivity contribution in [1.82, 2.24) is 24.7 Å². The number of anilines is 3. The molecule has 3 aromatic heterocycles. The van der Waals surface area contributed by atoms with Crippen molar-refractivity contribution in [3.05, 3.63) is 77.5 Å². The zero-order chi connectivity index (χ0) is 23.9. The fourth-order valence-electron chi connectivity index (χ4n) is 3.22. The average molecular weight is 478 g/mol. The number of hydrogen-bond donors (Lipinski definition) is 2. The minimum absolute atomic E-state index is 0.287. The van der Waals surface area contributed by atoms with Gasteiger partial charge in [0.25, 0.3) is 0 Å². The fraction of sp³-hybridized carbons (Fsp3) is 0.208. The van der Waals surface area contributed by atoms with Crippen LogP contribution in [0.2, 0.25) is 5.02 Å². The predicted octanol–water partition coefficient (Wildman–Crippen LogP) is 4.73. The van der Waals surface area contributed by atoms with Gasteiger partial charge in [-0.3, -0.25) is 9.67 Å². The van der Waals surface area contributed by atoms with Gasteiger partial charge in [0.1, 0.15) is 5.82 Å². The van der Waals surface area contributed by atoms with Crippen LogP contribution in [-0.4, -0.2) is 43.9 Å². The molecule has 0 saturated heterocycles. The molecule has 0 bridgehead atoms. The summed E-state index contributed by atoms with van der Waals surface area (Å²) in [4.78, 5) is 25.5. The third kappa shape index (κ3) is 5.68. The van der Waals surface area contributed by atoms with Gasteiger partial charge in [0, 0.05) is 59.4 Å². The summed E-state index contributed by atoms with van der Waals surface area (Å²) in [7, 11) is 0. The summed E-state index contributed by atoms with van der Waals surface area (Å²) in [5, 5.41) is 11.4. The summed E-state index contributed by atoms with van der Waals surface area (Å²) in [6, 6.07) is 9.25. The van der Waals surface area contributed by atoms with E-state index in [0.29, 0.717) is 46.6 Å². The minimum atomic E-state index is -0.430. The zero-order valence-electron chi connectivity index (χ0n) is 18.8. The van der Waals surface area contributed by atoms with Crippen molar-refractivity contribution in [2.24, 2.45) is 0 Å². The molecule has 0 amide bonds. The van der Waals surface area contributed by atoms with Crippen LogP contribution in [0.3, 0.4) is 0 Å². The van der Waals surface area contributed by atoms with E-state index in [1.807, 2.05) is 42.1 Å². The van der Waals surface area contributed by atoms with Crippen LogP contribution in [0.4, 0.5) is 17.5 Å². The highest BCUT2D eigenvalue weighted by molar-refractivity contribution is 6.31. The molecular weight excluding hydrogens is 454 g/mol. The number of aromatic nitrogens is 5. The summed E-state index contributed by atoms with van der Waals surface area (Å²) >= 11 is 6.25. The van der Waals surface area contributed by atoms with Crippen LogP contribution in [0.5, 0.6) is 0 Å². The molecule has 0 aliphatic rings. The molecule has 3 heterocycles. The summed E-state index contributed by atoms with van der Waals surface area (Å²) in [5.41, 5.74) is 3.51. The van der Waals surface area contributed by atoms with Gasteiger partial charge in [0.05, 0.1) is 18.7 Å². The van der Waals surface area contributed by atoms with Gasteiger partial charge in [-0.15, -0.1) is 0 Å². The number of pyridine rings is 1. The number of nitrogens with zero attached hydrogens (tertiary/aromatic N) is 5. The molecule has 0 unspecified atom stereocenters. The van der Waals surface area contributed by atoms with E-state index in [2.05, 4.69) is 30.7 Å². The topological polar surface area (TPSA) is 107 Å². The van der Waals surface area contributed by atoms with Crippen molar-refractivity contribution in [1.29, 1.82) is 0 Å². The predicted molar refractivity (Wildman–Crippen MR) is 131 cm³/mol. The maximum absolute atomic E-state index is 12.2. The first kappa shape index (κ1) is 23.2. The third-order valence-corrected chi connectivity index (χ3v) is 5.38. The number of carbonyl (C=O) groups is 1. The van der Waals surface area contributed by atoms with Gasteiger partial charge in [-0.1, -0.05) is 17.7 Å². The van der Waals surface area contributed by atoms with E-state index in [9.17, 15) is 4.79 Å². The Balaban J connectivity index is 1.63. The highest BCUT2D eigenvalue weighted by atomic mass is 35.5. The Labute approximate surface area is 202 Å². The Hall–Kier alpha value is -3.98. The third-order valence-electron chi connectivity index (χ3n) is 4.97. The van der Waals surface area contributed by atoms with Crippen LogP contribution >= 0.6 is 11.6 Å². The lowest BCUT2D eigenvalue weighted by atomic mass is 10.1. The Morgan fingerprint density at radius 3 is 2.85 bits per heavy atom. The van der Waals surface area contributed by atoms with Crippen molar-refractivity contribution in [3.8, 4) is 11.1 Å². The fourth-order valence-corrected chi connectivity index (χ4v) is 3.40. The van der Waals surface area contributed by atoms with E-state index in [1.165, 1.54) is 6.20 Å². The lowest BCUT2D eigenvalue weighted by Crippen LogP contribution is -2.13. The molecule has 2 N–H and O–H groups in total. The zero-order valence-corrected chi connectivity index (χ0v) is 19.6. The van der Waals surface area contributed by atoms with Crippen molar-refractivity contribution in [2.45, 2.75) is 20.4 Å². The number of hydrogen-bond acceptors (Lipinski definition) is 8. The molecule has 0 aliphatic heterocycles. The van der Waals surface area contributed by atoms with Gasteiger partial charge in [-0.2, -0.15) is 10.1 Å². The summed E-state index contributed by atoms with van der Waals surface area (Å²) in [5.74, 6) is 0.561. The maximum atomic E-state index is 12.2. The molecule has 0 fully saturated rings. The smallest absolute Gasteiger partial charge is 0.339 e. The normalized spacial score (nSPS) is 10.7. The van der Waals surface area contributed by atoms with Crippen molar-refractivity contribution in [2.75, 3.05) is 23.8 Å². The van der Waals surface area contributed by atoms with Crippen molar-refractivity contribution in [3.63, 3.8) is 0 Å². The Bertz CT molecular complexity index is 1280. The second-order valence-electron chi connectivity index (χ2n) is 7.42. The number of aryl methyl sites for hydroxylation is 1. The monoisotopic (exact) mass is 477 g/mol. The van der Waals surface area contributed by atoms with Gasteiger partial charge in [-0.25, -0.2) is 9.78 Å². The number of ether oxygens (including phenoxy) is 1. The highest BCUT2D eigenvalue weighted by Crippen LogP contribution is 2.28.